The summed E-state index contributed by atoms with van der Waals surface area (Å²) in [6.45, 7) is 4.84. The van der Waals surface area contributed by atoms with Gasteiger partial charge in [-0.15, -0.1) is 0 Å². The highest BCUT2D eigenvalue weighted by molar-refractivity contribution is 6.16. The lowest BCUT2D eigenvalue weighted by molar-refractivity contribution is -0.108. The number of benzene rings is 2. The molecule has 0 amide bonds. The third kappa shape index (κ3) is 8.37. The van der Waals surface area contributed by atoms with Gasteiger partial charge in [0.05, 0.1) is 17.4 Å². The Kier molecular flexibility index (Phi) is 10.5. The second-order valence-corrected chi connectivity index (χ2v) is 9.26. The zero-order valence-corrected chi connectivity index (χ0v) is 21.7. The van der Waals surface area contributed by atoms with Crippen LogP contribution in [0.25, 0.3) is 0 Å². The van der Waals surface area contributed by atoms with Crippen LogP contribution in [0.5, 0.6) is 11.5 Å². The molecule has 196 valence electrons. The molecule has 1 aliphatic rings. The Bertz CT molecular complexity index is 1130. The normalized spacial score (nSPS) is 16.9. The molecule has 0 spiro atoms. The van der Waals surface area contributed by atoms with Crippen LogP contribution in [0.2, 0.25) is 0 Å². The van der Waals surface area contributed by atoms with E-state index in [2.05, 4.69) is 25.9 Å². The van der Waals surface area contributed by atoms with Crippen molar-refractivity contribution >= 4 is 23.6 Å². The van der Waals surface area contributed by atoms with Crippen molar-refractivity contribution in [3.05, 3.63) is 72.1 Å². The van der Waals surface area contributed by atoms with Crippen LogP contribution in [-0.2, 0) is 4.79 Å². The SMILES string of the molecule is CC(C)CC=O.CNC1CCC(Nc2ncnc(N)c2C(=N)c2ccc(Oc3ccccc3)cc2)CN1. The maximum Gasteiger partial charge on any atom is 0.141 e. The minimum Gasteiger partial charge on any atom is -0.457 e. The number of hydrogen-bond acceptors (Lipinski definition) is 9. The summed E-state index contributed by atoms with van der Waals surface area (Å²) in [4.78, 5) is 18.1. The van der Waals surface area contributed by atoms with Gasteiger partial charge < -0.3 is 25.9 Å². The fourth-order valence-electron chi connectivity index (χ4n) is 3.83. The lowest BCUT2D eigenvalue weighted by Crippen LogP contribution is -2.50. The molecule has 4 rings (SSSR count). The van der Waals surface area contributed by atoms with Gasteiger partial charge in [-0.05, 0) is 62.2 Å². The number of piperidine rings is 1. The number of nitrogens with zero attached hydrogens (tertiary/aromatic N) is 2. The van der Waals surface area contributed by atoms with Gasteiger partial charge in [0.25, 0.3) is 0 Å². The van der Waals surface area contributed by atoms with E-state index < -0.39 is 0 Å². The number of nitrogen functional groups attached to an aromatic ring is 1. The van der Waals surface area contributed by atoms with Crippen LogP contribution in [0.3, 0.4) is 0 Å². The number of rotatable bonds is 9. The summed E-state index contributed by atoms with van der Waals surface area (Å²) < 4.78 is 5.84. The average molecular weight is 504 g/mol. The first-order valence-electron chi connectivity index (χ1n) is 12.5. The van der Waals surface area contributed by atoms with Crippen molar-refractivity contribution in [2.24, 2.45) is 5.92 Å². The minimum absolute atomic E-state index is 0.201. The molecular formula is C28H37N7O2. The second kappa shape index (κ2) is 14.1. The molecule has 0 bridgehead atoms. The molecule has 9 heteroatoms. The van der Waals surface area contributed by atoms with Crippen LogP contribution < -0.4 is 26.4 Å². The Labute approximate surface area is 218 Å². The Balaban J connectivity index is 0.000000568. The van der Waals surface area contributed by atoms with Gasteiger partial charge in [-0.25, -0.2) is 9.97 Å². The summed E-state index contributed by atoms with van der Waals surface area (Å²) in [5, 5.41) is 18.9. The van der Waals surface area contributed by atoms with Crippen LogP contribution >= 0.6 is 0 Å². The van der Waals surface area contributed by atoms with E-state index in [-0.39, 0.29) is 17.6 Å². The van der Waals surface area contributed by atoms with Crippen LogP contribution in [0, 0.1) is 11.3 Å². The van der Waals surface area contributed by atoms with Crippen LogP contribution in [-0.4, -0.2) is 47.8 Å². The summed E-state index contributed by atoms with van der Waals surface area (Å²) in [7, 11) is 1.95. The van der Waals surface area contributed by atoms with Gasteiger partial charge >= 0.3 is 0 Å². The number of carbonyl (C=O) groups excluding carboxylic acids is 1. The van der Waals surface area contributed by atoms with Gasteiger partial charge in [0.2, 0.25) is 0 Å². The summed E-state index contributed by atoms with van der Waals surface area (Å²) in [5.41, 5.74) is 7.64. The van der Waals surface area contributed by atoms with Crippen molar-refractivity contribution in [1.82, 2.24) is 20.6 Å². The lowest BCUT2D eigenvalue weighted by atomic mass is 10.0. The summed E-state index contributed by atoms with van der Waals surface area (Å²) in [6, 6.07) is 17.2. The summed E-state index contributed by atoms with van der Waals surface area (Å²) in [5.74, 6) is 2.85. The van der Waals surface area contributed by atoms with E-state index in [1.807, 2.05) is 75.5 Å². The molecule has 3 aromatic rings. The molecule has 6 N–H and O–H groups in total. The van der Waals surface area contributed by atoms with E-state index in [1.165, 1.54) is 6.33 Å². The van der Waals surface area contributed by atoms with Gasteiger partial charge in [-0.1, -0.05) is 32.0 Å². The molecule has 1 aliphatic heterocycles. The Morgan fingerprint density at radius 3 is 2.41 bits per heavy atom. The van der Waals surface area contributed by atoms with E-state index in [4.69, 9.17) is 15.9 Å². The third-order valence-corrected chi connectivity index (χ3v) is 5.92. The molecule has 9 nitrogen and oxygen atoms in total. The van der Waals surface area contributed by atoms with Crippen LogP contribution in [0.15, 0.2) is 60.9 Å². The average Bonchev–Trinajstić information content (AvgIpc) is 2.90. The molecule has 2 unspecified atom stereocenters. The van der Waals surface area contributed by atoms with Crippen molar-refractivity contribution in [3.8, 4) is 11.5 Å². The zero-order valence-electron chi connectivity index (χ0n) is 21.7. The summed E-state index contributed by atoms with van der Waals surface area (Å²) in [6.07, 6.45) is 5.39. The third-order valence-electron chi connectivity index (χ3n) is 5.92. The van der Waals surface area contributed by atoms with Gasteiger partial charge in [-0.2, -0.15) is 0 Å². The molecule has 2 heterocycles. The maximum atomic E-state index is 9.62. The van der Waals surface area contributed by atoms with Crippen molar-refractivity contribution in [2.45, 2.75) is 45.3 Å². The highest BCUT2D eigenvalue weighted by Gasteiger charge is 2.22. The monoisotopic (exact) mass is 503 g/mol. The number of aldehydes is 1. The molecule has 1 aromatic heterocycles. The number of para-hydroxylation sites is 1. The highest BCUT2D eigenvalue weighted by Crippen LogP contribution is 2.26. The first-order valence-corrected chi connectivity index (χ1v) is 12.5. The van der Waals surface area contributed by atoms with Gasteiger partial charge in [0, 0.05) is 24.6 Å². The number of ether oxygens (including phenoxy) is 1. The van der Waals surface area contributed by atoms with E-state index in [0.717, 1.165) is 31.4 Å². The minimum atomic E-state index is 0.201. The van der Waals surface area contributed by atoms with E-state index in [0.29, 0.717) is 41.2 Å². The second-order valence-electron chi connectivity index (χ2n) is 9.26. The predicted octanol–water partition coefficient (Wildman–Crippen LogP) is 4.21. The van der Waals surface area contributed by atoms with E-state index >= 15 is 0 Å². The van der Waals surface area contributed by atoms with Gasteiger partial charge in [0.1, 0.15) is 35.7 Å². The number of anilines is 2. The van der Waals surface area contributed by atoms with Gasteiger partial charge in [0.15, 0.2) is 0 Å². The van der Waals surface area contributed by atoms with Crippen molar-refractivity contribution in [1.29, 1.82) is 5.41 Å². The molecular weight excluding hydrogens is 466 g/mol. The first-order chi connectivity index (χ1) is 17.9. The smallest absolute Gasteiger partial charge is 0.141 e. The molecule has 1 saturated heterocycles. The van der Waals surface area contributed by atoms with Gasteiger partial charge in [-0.3, -0.25) is 10.7 Å². The van der Waals surface area contributed by atoms with Crippen molar-refractivity contribution in [2.75, 3.05) is 24.6 Å². The molecule has 0 saturated carbocycles. The molecule has 2 atom stereocenters. The Morgan fingerprint density at radius 2 is 1.84 bits per heavy atom. The Hall–Kier alpha value is -3.82. The quantitative estimate of drug-likeness (QED) is 0.216. The Morgan fingerprint density at radius 1 is 1.14 bits per heavy atom. The van der Waals surface area contributed by atoms with E-state index in [9.17, 15) is 4.79 Å². The highest BCUT2D eigenvalue weighted by atomic mass is 16.5. The predicted molar refractivity (Wildman–Crippen MR) is 148 cm³/mol. The number of aromatic nitrogens is 2. The van der Waals surface area contributed by atoms with Crippen LogP contribution in [0.4, 0.5) is 11.6 Å². The maximum absolute atomic E-state index is 9.62. The number of hydrogen-bond donors (Lipinski definition) is 5. The lowest BCUT2D eigenvalue weighted by Gasteiger charge is -2.31. The fraction of sp³-hybridized carbons (Fsp3) is 0.357. The molecule has 1 fully saturated rings. The number of nitrogens with two attached hydrogens (primary N) is 1. The molecule has 2 aromatic carbocycles. The largest absolute Gasteiger partial charge is 0.457 e. The topological polar surface area (TPSA) is 138 Å². The molecule has 37 heavy (non-hydrogen) atoms. The van der Waals surface area contributed by atoms with Crippen LogP contribution in [0.1, 0.15) is 44.2 Å². The fourth-order valence-corrected chi connectivity index (χ4v) is 3.83. The molecule has 0 radical (unpaired) electrons. The van der Waals surface area contributed by atoms with Crippen molar-refractivity contribution < 1.29 is 9.53 Å². The standard InChI is InChI=1S/C23H27N7O.C5H10O/c1-26-19-12-9-16(13-27-19)30-23-20(22(25)28-14-29-23)21(24)15-7-10-18(11-8-15)31-17-5-3-2-4-6-17;1-5(2)3-4-6/h2-8,10-11,14,16,19,24,26-27H,9,12-13H2,1H3,(H3,25,28,29,30);4-5H,3H2,1-2H3. The van der Waals surface area contributed by atoms with Crippen molar-refractivity contribution in [3.63, 3.8) is 0 Å². The molecule has 0 aliphatic carbocycles. The zero-order chi connectivity index (χ0) is 26.6. The first kappa shape index (κ1) is 27.8. The van der Waals surface area contributed by atoms with E-state index in [1.54, 1.807) is 0 Å². The number of carbonyl (C=O) groups is 1. The number of nitrogens with one attached hydrogen (secondary N) is 4. The summed E-state index contributed by atoms with van der Waals surface area (Å²) >= 11 is 0.